The number of carbonyl (C=O) groups excluding carboxylic acids is 2. The minimum atomic E-state index is -4.07. The molecule has 148 valence electrons. The van der Waals surface area contributed by atoms with E-state index in [1.807, 2.05) is 27.7 Å². The van der Waals surface area contributed by atoms with E-state index >= 15 is 0 Å². The molecule has 0 unspecified atom stereocenters. The smallest absolute Gasteiger partial charge is 0.321 e. The van der Waals surface area contributed by atoms with E-state index in [0.717, 1.165) is 0 Å². The van der Waals surface area contributed by atoms with Gasteiger partial charge in [-0.15, -0.1) is 0 Å². The first-order chi connectivity index (χ1) is 12.5. The molecule has 0 heterocycles. The second-order valence-corrected chi connectivity index (χ2v) is 8.23. The van der Waals surface area contributed by atoms with Gasteiger partial charge in [-0.1, -0.05) is 12.1 Å². The highest BCUT2D eigenvalue weighted by molar-refractivity contribution is 7.89. The number of rotatable bonds is 8. The summed E-state index contributed by atoms with van der Waals surface area (Å²) in [5.41, 5.74) is -0.0357. The van der Waals surface area contributed by atoms with E-state index in [1.54, 1.807) is 11.0 Å². The predicted molar refractivity (Wildman–Crippen MR) is 99.0 cm³/mol. The first-order valence-electron chi connectivity index (χ1n) is 8.51. The van der Waals surface area contributed by atoms with Crippen molar-refractivity contribution in [3.63, 3.8) is 0 Å². The SMILES string of the molecule is CC(C)N(C(=O)[C@H](C)OC(=O)CNS(=O)(=O)c1ccccc1C#N)C(C)C. The van der Waals surface area contributed by atoms with Crippen molar-refractivity contribution in [1.82, 2.24) is 9.62 Å². The van der Waals surface area contributed by atoms with Crippen molar-refractivity contribution in [2.24, 2.45) is 0 Å². The lowest BCUT2D eigenvalue weighted by atomic mass is 10.2. The molecule has 27 heavy (non-hydrogen) atoms. The summed E-state index contributed by atoms with van der Waals surface area (Å²) in [6.07, 6.45) is -1.04. The van der Waals surface area contributed by atoms with E-state index in [2.05, 4.69) is 4.72 Å². The Kier molecular flexibility index (Phi) is 7.94. The molecule has 0 radical (unpaired) electrons. The maximum absolute atomic E-state index is 12.4. The molecule has 0 aromatic heterocycles. The van der Waals surface area contributed by atoms with E-state index in [4.69, 9.17) is 10.00 Å². The molecule has 0 spiro atoms. The molecular weight excluding hydrogens is 370 g/mol. The molecule has 1 aromatic carbocycles. The largest absolute Gasteiger partial charge is 0.452 e. The molecule has 0 aliphatic rings. The van der Waals surface area contributed by atoms with Gasteiger partial charge < -0.3 is 9.64 Å². The second kappa shape index (κ2) is 9.48. The highest BCUT2D eigenvalue weighted by Gasteiger charge is 2.28. The first kappa shape index (κ1) is 22.6. The Morgan fingerprint density at radius 3 is 2.22 bits per heavy atom. The van der Waals surface area contributed by atoms with Gasteiger partial charge in [0.05, 0.1) is 10.5 Å². The monoisotopic (exact) mass is 395 g/mol. The number of benzene rings is 1. The summed E-state index contributed by atoms with van der Waals surface area (Å²) in [7, 11) is -4.07. The van der Waals surface area contributed by atoms with Crippen LogP contribution in [0.3, 0.4) is 0 Å². The van der Waals surface area contributed by atoms with Crippen LogP contribution in [0, 0.1) is 11.3 Å². The van der Waals surface area contributed by atoms with Gasteiger partial charge in [-0.3, -0.25) is 9.59 Å². The average molecular weight is 395 g/mol. The van der Waals surface area contributed by atoms with Gasteiger partial charge in [-0.2, -0.15) is 9.98 Å². The van der Waals surface area contributed by atoms with Crippen LogP contribution in [-0.2, 0) is 24.3 Å². The third kappa shape index (κ3) is 6.05. The van der Waals surface area contributed by atoms with Gasteiger partial charge in [-0.05, 0) is 46.8 Å². The molecule has 1 N–H and O–H groups in total. The fraction of sp³-hybridized carbons (Fsp3) is 0.500. The molecule has 1 rings (SSSR count). The number of carbonyl (C=O) groups is 2. The number of hydrogen-bond acceptors (Lipinski definition) is 6. The zero-order valence-electron chi connectivity index (χ0n) is 16.1. The maximum Gasteiger partial charge on any atom is 0.321 e. The molecule has 9 heteroatoms. The number of ether oxygens (including phenoxy) is 1. The van der Waals surface area contributed by atoms with Crippen molar-refractivity contribution >= 4 is 21.9 Å². The topological polar surface area (TPSA) is 117 Å². The molecule has 1 amide bonds. The Bertz CT molecular complexity index is 820. The summed E-state index contributed by atoms with van der Waals surface area (Å²) < 4.78 is 31.7. The normalized spacial score (nSPS) is 12.5. The molecular formula is C18H25N3O5S. The van der Waals surface area contributed by atoms with Gasteiger partial charge in [0.1, 0.15) is 12.6 Å². The summed E-state index contributed by atoms with van der Waals surface area (Å²) in [6, 6.07) is 7.28. The van der Waals surface area contributed by atoms with E-state index in [9.17, 15) is 18.0 Å². The maximum atomic E-state index is 12.4. The molecule has 0 saturated carbocycles. The van der Waals surface area contributed by atoms with Gasteiger partial charge >= 0.3 is 5.97 Å². The molecule has 0 saturated heterocycles. The van der Waals surface area contributed by atoms with E-state index in [1.165, 1.54) is 31.2 Å². The number of nitrogens with zero attached hydrogens (tertiary/aromatic N) is 2. The first-order valence-corrected chi connectivity index (χ1v) is 10.00. The fourth-order valence-corrected chi connectivity index (χ4v) is 3.75. The molecule has 0 aliphatic carbocycles. The second-order valence-electron chi connectivity index (χ2n) is 6.50. The third-order valence-corrected chi connectivity index (χ3v) is 5.19. The third-order valence-electron chi connectivity index (χ3n) is 3.73. The lowest BCUT2D eigenvalue weighted by molar-refractivity contribution is -0.160. The molecule has 0 fully saturated rings. The molecule has 8 nitrogen and oxygen atoms in total. The van der Waals surface area contributed by atoms with E-state index < -0.39 is 28.6 Å². The van der Waals surface area contributed by atoms with Crippen molar-refractivity contribution in [2.75, 3.05) is 6.54 Å². The Labute approximate surface area is 160 Å². The predicted octanol–water partition coefficient (Wildman–Crippen LogP) is 1.41. The number of amides is 1. The summed E-state index contributed by atoms with van der Waals surface area (Å²) >= 11 is 0. The molecule has 1 aromatic rings. The lowest BCUT2D eigenvalue weighted by Crippen LogP contribution is -2.48. The highest BCUT2D eigenvalue weighted by Crippen LogP contribution is 2.14. The summed E-state index contributed by atoms with van der Waals surface area (Å²) in [6.45, 7) is 8.21. The minimum Gasteiger partial charge on any atom is -0.452 e. The van der Waals surface area contributed by atoms with Crippen molar-refractivity contribution in [2.45, 2.75) is 57.7 Å². The Morgan fingerprint density at radius 1 is 1.15 bits per heavy atom. The van der Waals surface area contributed by atoms with E-state index in [-0.39, 0.29) is 28.4 Å². The van der Waals surface area contributed by atoms with Crippen molar-refractivity contribution in [3.05, 3.63) is 29.8 Å². The Hall–Kier alpha value is -2.44. The van der Waals surface area contributed by atoms with Crippen LogP contribution in [0.2, 0.25) is 0 Å². The van der Waals surface area contributed by atoms with Crippen LogP contribution in [0.1, 0.15) is 40.2 Å². The average Bonchev–Trinajstić information content (AvgIpc) is 2.59. The zero-order chi connectivity index (χ0) is 20.8. The summed E-state index contributed by atoms with van der Waals surface area (Å²) in [5.74, 6) is -1.24. The van der Waals surface area contributed by atoms with Gasteiger partial charge in [-0.25, -0.2) is 8.42 Å². The molecule has 1 atom stereocenters. The van der Waals surface area contributed by atoms with Crippen LogP contribution in [0.5, 0.6) is 0 Å². The standard InChI is InChI=1S/C18H25N3O5S/c1-12(2)21(13(3)4)18(23)14(5)26-17(22)11-20-27(24,25)16-9-7-6-8-15(16)10-19/h6-9,12-14,20H,11H2,1-5H3/t14-/m0/s1. The van der Waals surface area contributed by atoms with Crippen LogP contribution < -0.4 is 4.72 Å². The Balaban J connectivity index is 2.75. The summed E-state index contributed by atoms with van der Waals surface area (Å²) in [5, 5.41) is 9.00. The van der Waals surface area contributed by atoms with Crippen molar-refractivity contribution in [1.29, 1.82) is 5.26 Å². The van der Waals surface area contributed by atoms with E-state index in [0.29, 0.717) is 0 Å². The number of hydrogen-bond donors (Lipinski definition) is 1. The zero-order valence-corrected chi connectivity index (χ0v) is 16.9. The minimum absolute atomic E-state index is 0.0357. The quantitative estimate of drug-likeness (QED) is 0.665. The highest BCUT2D eigenvalue weighted by atomic mass is 32.2. The van der Waals surface area contributed by atoms with Crippen LogP contribution in [-0.4, -0.2) is 49.9 Å². The van der Waals surface area contributed by atoms with Crippen LogP contribution in [0.25, 0.3) is 0 Å². The number of nitrogens with one attached hydrogen (secondary N) is 1. The van der Waals surface area contributed by atoms with Gasteiger partial charge in [0.25, 0.3) is 5.91 Å². The van der Waals surface area contributed by atoms with Crippen LogP contribution in [0.15, 0.2) is 29.2 Å². The fourth-order valence-electron chi connectivity index (χ4n) is 2.63. The van der Waals surface area contributed by atoms with Gasteiger partial charge in [0.2, 0.25) is 10.0 Å². The van der Waals surface area contributed by atoms with Crippen molar-refractivity contribution in [3.8, 4) is 6.07 Å². The molecule has 0 bridgehead atoms. The van der Waals surface area contributed by atoms with Crippen LogP contribution >= 0.6 is 0 Å². The molecule has 0 aliphatic heterocycles. The van der Waals surface area contributed by atoms with Crippen LogP contribution in [0.4, 0.5) is 0 Å². The Morgan fingerprint density at radius 2 is 1.70 bits per heavy atom. The summed E-state index contributed by atoms with van der Waals surface area (Å²) in [4.78, 5) is 25.8. The number of esters is 1. The number of sulfonamides is 1. The number of nitriles is 1. The lowest BCUT2D eigenvalue weighted by Gasteiger charge is -2.32. The van der Waals surface area contributed by atoms with Crippen molar-refractivity contribution < 1.29 is 22.7 Å². The van der Waals surface area contributed by atoms with Gasteiger partial charge in [0, 0.05) is 12.1 Å². The van der Waals surface area contributed by atoms with Gasteiger partial charge in [0.15, 0.2) is 6.10 Å².